The highest BCUT2D eigenvalue weighted by atomic mass is 32.1. The van der Waals surface area contributed by atoms with E-state index in [-0.39, 0.29) is 12.8 Å². The van der Waals surface area contributed by atoms with Crippen LogP contribution in [0.3, 0.4) is 0 Å². The molecule has 0 aliphatic heterocycles. The minimum absolute atomic E-state index is 0.00400. The molecule has 122 valence electrons. The minimum Gasteiger partial charge on any atom is -0.460 e. The molecule has 1 atom stereocenters. The summed E-state index contributed by atoms with van der Waals surface area (Å²) >= 11 is 3.71. The molecular weight excluding hydrogens is 294 g/mol. The molecule has 0 saturated carbocycles. The lowest BCUT2D eigenvalue weighted by Crippen LogP contribution is -2.42. The van der Waals surface area contributed by atoms with Gasteiger partial charge in [0.2, 0.25) is 5.12 Å². The number of amides is 1. The van der Waals surface area contributed by atoms with E-state index in [1.165, 1.54) is 0 Å². The molecule has 0 aromatic heterocycles. The van der Waals surface area contributed by atoms with E-state index in [9.17, 15) is 14.4 Å². The molecule has 0 saturated heterocycles. The highest BCUT2D eigenvalue weighted by molar-refractivity contribution is 7.96. The van der Waals surface area contributed by atoms with Gasteiger partial charge in [0.15, 0.2) is 0 Å². The van der Waals surface area contributed by atoms with Crippen molar-refractivity contribution in [3.63, 3.8) is 0 Å². The maximum absolute atomic E-state index is 11.6. The van der Waals surface area contributed by atoms with Crippen LogP contribution in [0.4, 0.5) is 4.79 Å². The van der Waals surface area contributed by atoms with Crippen LogP contribution in [0.15, 0.2) is 0 Å². The molecule has 0 aromatic rings. The average molecular weight is 319 g/mol. The third kappa shape index (κ3) is 11.1. The predicted molar refractivity (Wildman–Crippen MR) is 82.2 cm³/mol. The first-order valence-corrected chi connectivity index (χ1v) is 7.19. The summed E-state index contributed by atoms with van der Waals surface area (Å²) in [6, 6.07) is -0.893. The van der Waals surface area contributed by atoms with Crippen molar-refractivity contribution in [2.45, 2.75) is 71.6 Å². The quantitative estimate of drug-likeness (QED) is 0.601. The van der Waals surface area contributed by atoms with Gasteiger partial charge in [0.05, 0.1) is 0 Å². The number of thiol groups is 1. The van der Waals surface area contributed by atoms with Gasteiger partial charge in [-0.05, 0) is 48.0 Å². The fourth-order valence-corrected chi connectivity index (χ4v) is 1.56. The largest absolute Gasteiger partial charge is 0.460 e. The van der Waals surface area contributed by atoms with Crippen molar-refractivity contribution in [3.05, 3.63) is 0 Å². The van der Waals surface area contributed by atoms with Crippen molar-refractivity contribution >= 4 is 29.8 Å². The van der Waals surface area contributed by atoms with Crippen molar-refractivity contribution in [2.75, 3.05) is 0 Å². The first kappa shape index (κ1) is 19.8. The van der Waals surface area contributed by atoms with Gasteiger partial charge in [0.25, 0.3) is 0 Å². The number of carbonyl (C=O) groups is 3. The molecule has 7 heteroatoms. The number of nitrogens with one attached hydrogen (secondary N) is 1. The molecule has 0 heterocycles. The maximum Gasteiger partial charge on any atom is 0.408 e. The smallest absolute Gasteiger partial charge is 0.408 e. The zero-order valence-corrected chi connectivity index (χ0v) is 14.4. The molecule has 1 amide bonds. The number of rotatable bonds is 5. The number of hydrogen-bond acceptors (Lipinski definition) is 5. The summed E-state index contributed by atoms with van der Waals surface area (Å²) in [6.07, 6.45) is -0.611. The van der Waals surface area contributed by atoms with Crippen LogP contribution < -0.4 is 5.32 Å². The Morgan fingerprint density at radius 2 is 1.48 bits per heavy atom. The third-order valence-corrected chi connectivity index (χ3v) is 2.36. The topological polar surface area (TPSA) is 81.7 Å². The van der Waals surface area contributed by atoms with Crippen LogP contribution in [0.2, 0.25) is 0 Å². The van der Waals surface area contributed by atoms with E-state index in [2.05, 4.69) is 17.9 Å². The van der Waals surface area contributed by atoms with Gasteiger partial charge in [-0.2, -0.15) is 0 Å². The Kier molecular flexibility index (Phi) is 7.23. The van der Waals surface area contributed by atoms with E-state index in [0.29, 0.717) is 0 Å². The highest BCUT2D eigenvalue weighted by Crippen LogP contribution is 2.12. The Labute approximate surface area is 131 Å². The van der Waals surface area contributed by atoms with Gasteiger partial charge in [-0.1, -0.05) is 0 Å². The molecule has 1 N–H and O–H groups in total. The van der Waals surface area contributed by atoms with Gasteiger partial charge >= 0.3 is 12.1 Å². The van der Waals surface area contributed by atoms with E-state index >= 15 is 0 Å². The molecule has 0 aliphatic rings. The van der Waals surface area contributed by atoms with Gasteiger partial charge in [0, 0.05) is 6.42 Å². The van der Waals surface area contributed by atoms with Crippen LogP contribution in [0.5, 0.6) is 0 Å². The second-order valence-electron chi connectivity index (χ2n) is 6.66. The number of carbonyl (C=O) groups excluding carboxylic acids is 3. The van der Waals surface area contributed by atoms with E-state index in [4.69, 9.17) is 9.47 Å². The first-order chi connectivity index (χ1) is 9.30. The number of hydrogen-bond donors (Lipinski definition) is 2. The Bertz CT molecular complexity index is 395. The Hall–Kier alpha value is -1.24. The molecule has 0 fully saturated rings. The van der Waals surface area contributed by atoms with Crippen LogP contribution in [-0.2, 0) is 19.1 Å². The highest BCUT2D eigenvalue weighted by Gasteiger charge is 2.24. The van der Waals surface area contributed by atoms with E-state index < -0.39 is 34.4 Å². The summed E-state index contributed by atoms with van der Waals surface area (Å²) in [5.41, 5.74) is -1.25. The Balaban J connectivity index is 4.42. The first-order valence-electron chi connectivity index (χ1n) is 6.74. The summed E-state index contributed by atoms with van der Waals surface area (Å²) in [5, 5.41) is 1.86. The molecule has 6 nitrogen and oxygen atoms in total. The van der Waals surface area contributed by atoms with E-state index in [1.807, 2.05) is 0 Å². The SMILES string of the molecule is CC(C)(C)OC(=O)CC[C@H](NC(=O)OC(C)(C)C)C(=O)S. The van der Waals surface area contributed by atoms with E-state index in [0.717, 1.165) is 0 Å². The van der Waals surface area contributed by atoms with Crippen molar-refractivity contribution < 1.29 is 23.9 Å². The standard InChI is InChI=1S/C14H25NO5S/c1-13(2,3)19-10(16)8-7-9(11(17)21)15-12(18)20-14(4,5)6/h9H,7-8H2,1-6H3,(H,15,18)(H,17,21)/t9-/m0/s1. The minimum atomic E-state index is -0.893. The second-order valence-corrected chi connectivity index (χ2v) is 7.10. The Morgan fingerprint density at radius 1 is 1.00 bits per heavy atom. The van der Waals surface area contributed by atoms with Crippen LogP contribution >= 0.6 is 12.6 Å². The van der Waals surface area contributed by atoms with Crippen molar-refractivity contribution in [2.24, 2.45) is 0 Å². The fourth-order valence-electron chi connectivity index (χ4n) is 1.36. The fraction of sp³-hybridized carbons (Fsp3) is 0.786. The number of alkyl carbamates (subject to hydrolysis) is 1. The number of ether oxygens (including phenoxy) is 2. The van der Waals surface area contributed by atoms with Gasteiger partial charge < -0.3 is 14.8 Å². The second kappa shape index (κ2) is 7.68. The van der Waals surface area contributed by atoms with Crippen molar-refractivity contribution in [1.82, 2.24) is 5.32 Å². The zero-order chi connectivity index (χ0) is 16.8. The van der Waals surface area contributed by atoms with Crippen molar-refractivity contribution in [1.29, 1.82) is 0 Å². The van der Waals surface area contributed by atoms with Crippen LogP contribution in [0, 0.1) is 0 Å². The summed E-state index contributed by atoms with van der Waals surface area (Å²) in [6.45, 7) is 10.4. The van der Waals surface area contributed by atoms with Crippen LogP contribution in [-0.4, -0.2) is 34.4 Å². The Morgan fingerprint density at radius 3 is 1.86 bits per heavy atom. The third-order valence-electron chi connectivity index (χ3n) is 2.05. The molecule has 0 aliphatic carbocycles. The summed E-state index contributed by atoms with van der Waals surface area (Å²) in [7, 11) is 0. The molecule has 0 unspecified atom stereocenters. The summed E-state index contributed by atoms with van der Waals surface area (Å²) < 4.78 is 10.2. The molecule has 0 aromatic carbocycles. The maximum atomic E-state index is 11.6. The molecule has 0 rings (SSSR count). The summed E-state index contributed by atoms with van der Waals surface area (Å²) in [5.74, 6) is -0.437. The predicted octanol–water partition coefficient (Wildman–Crippen LogP) is 2.46. The van der Waals surface area contributed by atoms with Gasteiger partial charge in [-0.15, -0.1) is 12.6 Å². The number of esters is 1. The molecular formula is C14H25NO5S. The average Bonchev–Trinajstić information content (AvgIpc) is 2.18. The zero-order valence-electron chi connectivity index (χ0n) is 13.5. The van der Waals surface area contributed by atoms with Gasteiger partial charge in [-0.25, -0.2) is 4.79 Å². The van der Waals surface area contributed by atoms with Gasteiger partial charge in [0.1, 0.15) is 17.2 Å². The molecule has 21 heavy (non-hydrogen) atoms. The lowest BCUT2D eigenvalue weighted by atomic mass is 10.1. The lowest BCUT2D eigenvalue weighted by molar-refractivity contribution is -0.155. The normalized spacial score (nSPS) is 13.3. The lowest BCUT2D eigenvalue weighted by Gasteiger charge is -2.23. The van der Waals surface area contributed by atoms with Crippen molar-refractivity contribution in [3.8, 4) is 0 Å². The summed E-state index contributed by atoms with van der Waals surface area (Å²) in [4.78, 5) is 34.6. The van der Waals surface area contributed by atoms with Gasteiger partial charge in [-0.3, -0.25) is 9.59 Å². The van der Waals surface area contributed by atoms with Crippen LogP contribution in [0.25, 0.3) is 0 Å². The monoisotopic (exact) mass is 319 g/mol. The van der Waals surface area contributed by atoms with Crippen LogP contribution in [0.1, 0.15) is 54.4 Å². The molecule has 0 radical (unpaired) electrons. The van der Waals surface area contributed by atoms with E-state index in [1.54, 1.807) is 41.5 Å². The molecule has 0 spiro atoms. The molecule has 0 bridgehead atoms.